The molecule has 0 unspecified atom stereocenters. The van der Waals surface area contributed by atoms with Crippen molar-refractivity contribution >= 4 is 18.0 Å². The number of ether oxygens (including phenoxy) is 1. The summed E-state index contributed by atoms with van der Waals surface area (Å²) in [5, 5.41) is 7.51. The number of carbonyl (C=O) groups is 2. The van der Waals surface area contributed by atoms with Crippen LogP contribution in [-0.2, 0) is 14.3 Å². The monoisotopic (exact) mass is 309 g/mol. The minimum Gasteiger partial charge on any atom is -0.387 e. The molecule has 2 rings (SSSR count). The topological polar surface area (TPSA) is 67.2 Å². The first-order chi connectivity index (χ1) is 11.0. The van der Waals surface area contributed by atoms with E-state index in [2.05, 4.69) is 31.1 Å². The molecule has 0 aromatic heterocycles. The quantitative estimate of drug-likeness (QED) is 0.358. The van der Waals surface area contributed by atoms with Gasteiger partial charge in [0.05, 0.1) is 6.07 Å². The van der Waals surface area contributed by atoms with Crippen LogP contribution in [0.2, 0.25) is 0 Å². The van der Waals surface area contributed by atoms with E-state index in [9.17, 15) is 9.59 Å². The van der Waals surface area contributed by atoms with Crippen LogP contribution in [0.25, 0.3) is 6.08 Å². The normalized spacial score (nSPS) is 9.87. The third kappa shape index (κ3) is 16.5. The van der Waals surface area contributed by atoms with Crippen molar-refractivity contribution in [1.29, 1.82) is 5.26 Å². The molecule has 1 aliphatic heterocycles. The van der Waals surface area contributed by atoms with Gasteiger partial charge in [-0.2, -0.15) is 5.26 Å². The Hall–Kier alpha value is -3.45. The summed E-state index contributed by atoms with van der Waals surface area (Å²) < 4.78 is 3.97. The van der Waals surface area contributed by atoms with Gasteiger partial charge in [0.15, 0.2) is 0 Å². The third-order valence-corrected chi connectivity index (χ3v) is 1.85. The fraction of sp³-hybridized carbons (Fsp3) is 0. The molecule has 23 heavy (non-hydrogen) atoms. The average Bonchev–Trinajstić information content (AvgIpc) is 2.99. The Morgan fingerprint density at radius 2 is 1.35 bits per heavy atom. The molecule has 1 heterocycles. The lowest BCUT2D eigenvalue weighted by Crippen LogP contribution is -1.96. The predicted molar refractivity (Wildman–Crippen MR) is 93.0 cm³/mol. The van der Waals surface area contributed by atoms with E-state index in [0.29, 0.717) is 0 Å². The number of esters is 2. The second kappa shape index (κ2) is 16.6. The second-order valence-corrected chi connectivity index (χ2v) is 3.49. The number of hydrogen-bond donors (Lipinski definition) is 0. The third-order valence-electron chi connectivity index (χ3n) is 1.85. The Morgan fingerprint density at radius 3 is 1.52 bits per heavy atom. The van der Waals surface area contributed by atoms with Crippen molar-refractivity contribution in [3.63, 3.8) is 0 Å². The molecule has 0 saturated carbocycles. The van der Waals surface area contributed by atoms with Crippen LogP contribution in [-0.4, -0.2) is 11.9 Å². The minimum atomic E-state index is -0.579. The Bertz CT molecular complexity index is 571. The van der Waals surface area contributed by atoms with Crippen LogP contribution in [0.15, 0.2) is 87.0 Å². The second-order valence-electron chi connectivity index (χ2n) is 3.49. The molecule has 0 atom stereocenters. The van der Waals surface area contributed by atoms with Crippen LogP contribution in [0.3, 0.4) is 0 Å². The van der Waals surface area contributed by atoms with E-state index in [1.807, 2.05) is 36.4 Å². The van der Waals surface area contributed by atoms with Crippen LogP contribution in [0.1, 0.15) is 5.56 Å². The molecule has 0 aliphatic carbocycles. The maximum absolute atomic E-state index is 9.92. The van der Waals surface area contributed by atoms with Crippen LogP contribution in [0.4, 0.5) is 0 Å². The number of rotatable bonds is 2. The number of nitrogens with zero attached hydrogens (tertiary/aromatic N) is 1. The maximum Gasteiger partial charge on any atom is 0.338 e. The number of benzene rings is 1. The van der Waals surface area contributed by atoms with Crippen molar-refractivity contribution in [2.75, 3.05) is 0 Å². The summed E-state index contributed by atoms with van der Waals surface area (Å²) in [4.78, 5) is 19.8. The van der Waals surface area contributed by atoms with E-state index in [1.54, 1.807) is 18.2 Å². The number of nitriles is 1. The SMILES string of the molecule is C=CC#N.C=CC=C.C=Cc1ccccc1.O=C1C=CC(=O)O1. The summed E-state index contributed by atoms with van der Waals surface area (Å²) in [6, 6.07) is 11.7. The zero-order valence-corrected chi connectivity index (χ0v) is 12.9. The Kier molecular flexibility index (Phi) is 15.8. The van der Waals surface area contributed by atoms with Gasteiger partial charge >= 0.3 is 11.9 Å². The summed E-state index contributed by atoms with van der Waals surface area (Å²) in [7, 11) is 0. The van der Waals surface area contributed by atoms with Gasteiger partial charge in [-0.05, 0) is 5.56 Å². The van der Waals surface area contributed by atoms with Crippen LogP contribution in [0, 0.1) is 11.3 Å². The number of cyclic esters (lactones) is 2. The first-order valence-corrected chi connectivity index (χ1v) is 6.41. The lowest BCUT2D eigenvalue weighted by Gasteiger charge is -1.85. The van der Waals surface area contributed by atoms with E-state index >= 15 is 0 Å². The van der Waals surface area contributed by atoms with Gasteiger partial charge in [-0.15, -0.1) is 0 Å². The van der Waals surface area contributed by atoms with Crippen molar-refractivity contribution in [3.05, 3.63) is 92.6 Å². The molecule has 0 radical (unpaired) electrons. The molecule has 1 aliphatic rings. The number of carbonyl (C=O) groups excluding carboxylic acids is 2. The molecule has 4 heteroatoms. The Morgan fingerprint density at radius 1 is 0.913 bits per heavy atom. The van der Waals surface area contributed by atoms with E-state index in [1.165, 1.54) is 11.6 Å². The molecular formula is C19H19NO3. The molecule has 0 spiro atoms. The molecule has 4 nitrogen and oxygen atoms in total. The molecule has 0 amide bonds. The fourth-order valence-electron chi connectivity index (χ4n) is 0.892. The van der Waals surface area contributed by atoms with Gasteiger partial charge < -0.3 is 4.74 Å². The first kappa shape index (κ1) is 21.8. The van der Waals surface area contributed by atoms with E-state index in [4.69, 9.17) is 5.26 Å². The fourth-order valence-corrected chi connectivity index (χ4v) is 0.892. The van der Waals surface area contributed by atoms with Gasteiger partial charge in [0.2, 0.25) is 0 Å². The highest BCUT2D eigenvalue weighted by Crippen LogP contribution is 1.97. The standard InChI is InChI=1S/C8H8.C4H2O3.C4H6.C3H3N/c1-2-8-6-4-3-5-7-8;5-3-1-2-4(6)7-3;1-3-4-2;1-2-3-4/h2-7H,1H2;1-2H;3-4H,1-2H2;2H,1H2. The molecule has 0 saturated heterocycles. The lowest BCUT2D eigenvalue weighted by atomic mass is 10.2. The largest absolute Gasteiger partial charge is 0.387 e. The summed E-state index contributed by atoms with van der Waals surface area (Å²) in [6.45, 7) is 13.5. The molecule has 1 aromatic rings. The van der Waals surface area contributed by atoms with Gasteiger partial charge in [0.25, 0.3) is 0 Å². The van der Waals surface area contributed by atoms with Crippen molar-refractivity contribution in [2.45, 2.75) is 0 Å². The zero-order valence-electron chi connectivity index (χ0n) is 12.9. The smallest absolute Gasteiger partial charge is 0.338 e. The van der Waals surface area contributed by atoms with Crippen molar-refractivity contribution in [1.82, 2.24) is 0 Å². The van der Waals surface area contributed by atoms with Crippen LogP contribution >= 0.6 is 0 Å². The highest BCUT2D eigenvalue weighted by Gasteiger charge is 2.10. The molecule has 0 N–H and O–H groups in total. The van der Waals surface area contributed by atoms with Crippen molar-refractivity contribution in [3.8, 4) is 6.07 Å². The molecular weight excluding hydrogens is 290 g/mol. The summed E-state index contributed by atoms with van der Waals surface area (Å²) >= 11 is 0. The van der Waals surface area contributed by atoms with Crippen molar-refractivity contribution in [2.24, 2.45) is 0 Å². The summed E-state index contributed by atoms with van der Waals surface area (Å²) in [5.41, 5.74) is 1.17. The maximum atomic E-state index is 9.92. The summed E-state index contributed by atoms with van der Waals surface area (Å²) in [6.07, 6.45) is 8.46. The first-order valence-electron chi connectivity index (χ1n) is 6.41. The van der Waals surface area contributed by atoms with Gasteiger partial charge in [-0.1, -0.05) is 74.9 Å². The lowest BCUT2D eigenvalue weighted by molar-refractivity contribution is -0.150. The Balaban J connectivity index is 0. The van der Waals surface area contributed by atoms with Crippen molar-refractivity contribution < 1.29 is 14.3 Å². The van der Waals surface area contributed by atoms with E-state index < -0.39 is 11.9 Å². The minimum absolute atomic E-state index is 0.579. The average molecular weight is 309 g/mol. The van der Waals surface area contributed by atoms with Gasteiger partial charge in [0.1, 0.15) is 0 Å². The highest BCUT2D eigenvalue weighted by molar-refractivity contribution is 6.04. The molecule has 1 aromatic carbocycles. The summed E-state index contributed by atoms with van der Waals surface area (Å²) in [5.74, 6) is -1.16. The van der Waals surface area contributed by atoms with Crippen LogP contribution < -0.4 is 0 Å². The van der Waals surface area contributed by atoms with Gasteiger partial charge in [0, 0.05) is 18.2 Å². The number of hydrogen-bond acceptors (Lipinski definition) is 4. The Labute approximate surface area is 137 Å². The molecule has 0 fully saturated rings. The van der Waals surface area contributed by atoms with Crippen LogP contribution in [0.5, 0.6) is 0 Å². The number of allylic oxidation sites excluding steroid dienone is 3. The van der Waals surface area contributed by atoms with Gasteiger partial charge in [-0.3, -0.25) is 0 Å². The van der Waals surface area contributed by atoms with Gasteiger partial charge in [-0.25, -0.2) is 9.59 Å². The predicted octanol–water partition coefficient (Wildman–Crippen LogP) is 4.01. The molecule has 118 valence electrons. The van der Waals surface area contributed by atoms with E-state index in [-0.39, 0.29) is 0 Å². The zero-order chi connectivity index (χ0) is 17.9. The molecule has 0 bridgehead atoms. The van der Waals surface area contributed by atoms with E-state index in [0.717, 1.165) is 12.2 Å². The highest BCUT2D eigenvalue weighted by atomic mass is 16.6.